The summed E-state index contributed by atoms with van der Waals surface area (Å²) in [5.74, 6) is 0. The number of hydrogen-bond acceptors (Lipinski definition) is 1. The predicted molar refractivity (Wildman–Crippen MR) is 67.4 cm³/mol. The second-order valence-electron chi connectivity index (χ2n) is 3.50. The summed E-state index contributed by atoms with van der Waals surface area (Å²) in [5.41, 5.74) is 3.74. The largest absolute Gasteiger partial charge is 0.298 e. The molecule has 1 nitrogen and oxygen atoms in total. The van der Waals surface area contributed by atoms with E-state index in [4.69, 9.17) is 0 Å². The van der Waals surface area contributed by atoms with E-state index in [1.807, 2.05) is 48.5 Å². The van der Waals surface area contributed by atoms with Gasteiger partial charge in [-0.3, -0.25) is 4.79 Å². The molecule has 2 aromatic carbocycles. The SMILES string of the molecule is C=Cc1ccccc1-c1ccccc1C=O. The highest BCUT2D eigenvalue weighted by Gasteiger charge is 2.05. The Morgan fingerprint density at radius 2 is 1.31 bits per heavy atom. The first-order valence-electron chi connectivity index (χ1n) is 5.13. The maximum absolute atomic E-state index is 11.0. The van der Waals surface area contributed by atoms with Crippen LogP contribution < -0.4 is 0 Å². The molecule has 0 bridgehead atoms. The van der Waals surface area contributed by atoms with E-state index in [2.05, 4.69) is 6.58 Å². The highest BCUT2D eigenvalue weighted by Crippen LogP contribution is 2.26. The highest BCUT2D eigenvalue weighted by molar-refractivity contribution is 5.89. The van der Waals surface area contributed by atoms with Gasteiger partial charge in [-0.05, 0) is 16.7 Å². The molecule has 0 N–H and O–H groups in total. The van der Waals surface area contributed by atoms with Crippen LogP contribution in [-0.4, -0.2) is 6.29 Å². The third-order valence-corrected chi connectivity index (χ3v) is 2.56. The Labute approximate surface area is 95.1 Å². The van der Waals surface area contributed by atoms with E-state index in [9.17, 15) is 4.79 Å². The van der Waals surface area contributed by atoms with Crippen molar-refractivity contribution in [3.05, 3.63) is 66.2 Å². The van der Waals surface area contributed by atoms with Crippen LogP contribution in [0.5, 0.6) is 0 Å². The van der Waals surface area contributed by atoms with E-state index in [0.29, 0.717) is 5.56 Å². The molecule has 0 fully saturated rings. The highest BCUT2D eigenvalue weighted by atomic mass is 16.1. The van der Waals surface area contributed by atoms with Crippen LogP contribution in [0.4, 0.5) is 0 Å². The summed E-state index contributed by atoms with van der Waals surface area (Å²) < 4.78 is 0. The van der Waals surface area contributed by atoms with E-state index in [0.717, 1.165) is 23.0 Å². The predicted octanol–water partition coefficient (Wildman–Crippen LogP) is 3.81. The normalized spacial score (nSPS) is 9.75. The minimum Gasteiger partial charge on any atom is -0.298 e. The summed E-state index contributed by atoms with van der Waals surface area (Å²) in [6, 6.07) is 15.5. The summed E-state index contributed by atoms with van der Waals surface area (Å²) in [4.78, 5) is 11.0. The number of benzene rings is 2. The molecule has 78 valence electrons. The summed E-state index contributed by atoms with van der Waals surface area (Å²) >= 11 is 0. The number of rotatable bonds is 3. The minimum atomic E-state index is 0.705. The zero-order valence-corrected chi connectivity index (χ0v) is 8.89. The molecule has 0 atom stereocenters. The van der Waals surface area contributed by atoms with E-state index >= 15 is 0 Å². The molecule has 0 aliphatic carbocycles. The van der Waals surface area contributed by atoms with Gasteiger partial charge < -0.3 is 0 Å². The lowest BCUT2D eigenvalue weighted by atomic mass is 9.96. The van der Waals surface area contributed by atoms with E-state index in [-0.39, 0.29) is 0 Å². The maximum atomic E-state index is 11.0. The van der Waals surface area contributed by atoms with Crippen molar-refractivity contribution in [2.45, 2.75) is 0 Å². The Kier molecular flexibility index (Phi) is 2.97. The molecular formula is C15H12O. The second kappa shape index (κ2) is 4.58. The average molecular weight is 208 g/mol. The summed E-state index contributed by atoms with van der Waals surface area (Å²) in [5, 5.41) is 0. The van der Waals surface area contributed by atoms with E-state index in [1.54, 1.807) is 6.08 Å². The van der Waals surface area contributed by atoms with E-state index < -0.39 is 0 Å². The summed E-state index contributed by atoms with van der Waals surface area (Å²) in [6.45, 7) is 3.78. The molecular weight excluding hydrogens is 196 g/mol. The molecule has 2 rings (SSSR count). The van der Waals surface area contributed by atoms with Crippen LogP contribution in [0.2, 0.25) is 0 Å². The molecule has 2 aromatic rings. The van der Waals surface area contributed by atoms with Crippen molar-refractivity contribution in [1.82, 2.24) is 0 Å². The Balaban J connectivity index is 2.67. The fraction of sp³-hybridized carbons (Fsp3) is 0. The van der Waals surface area contributed by atoms with E-state index in [1.165, 1.54) is 0 Å². The van der Waals surface area contributed by atoms with Gasteiger partial charge >= 0.3 is 0 Å². The van der Waals surface area contributed by atoms with Crippen LogP contribution in [0.15, 0.2) is 55.1 Å². The molecule has 1 heteroatoms. The zero-order chi connectivity index (χ0) is 11.4. The van der Waals surface area contributed by atoms with Crippen molar-refractivity contribution in [2.75, 3.05) is 0 Å². The molecule has 0 aliphatic heterocycles. The third-order valence-electron chi connectivity index (χ3n) is 2.56. The van der Waals surface area contributed by atoms with Crippen LogP contribution in [0, 0.1) is 0 Å². The molecule has 16 heavy (non-hydrogen) atoms. The monoisotopic (exact) mass is 208 g/mol. The van der Waals surface area contributed by atoms with Crippen LogP contribution in [-0.2, 0) is 0 Å². The first kappa shape index (κ1) is 10.4. The zero-order valence-electron chi connectivity index (χ0n) is 8.89. The number of hydrogen-bond donors (Lipinski definition) is 0. The summed E-state index contributed by atoms with van der Waals surface area (Å²) in [6.07, 6.45) is 2.69. The number of carbonyl (C=O) groups is 1. The van der Waals surface area contributed by atoms with Crippen LogP contribution in [0.25, 0.3) is 17.2 Å². The molecule has 0 unspecified atom stereocenters. The summed E-state index contributed by atoms with van der Waals surface area (Å²) in [7, 11) is 0. The topological polar surface area (TPSA) is 17.1 Å². The van der Waals surface area contributed by atoms with Gasteiger partial charge in [0.2, 0.25) is 0 Å². The average Bonchev–Trinajstić information content (AvgIpc) is 2.38. The van der Waals surface area contributed by atoms with Gasteiger partial charge in [-0.1, -0.05) is 61.2 Å². The van der Waals surface area contributed by atoms with Crippen molar-refractivity contribution in [2.24, 2.45) is 0 Å². The molecule has 0 aromatic heterocycles. The van der Waals surface area contributed by atoms with Crippen molar-refractivity contribution < 1.29 is 4.79 Å². The molecule has 0 saturated carbocycles. The molecule has 0 amide bonds. The van der Waals surface area contributed by atoms with Gasteiger partial charge in [0.1, 0.15) is 0 Å². The van der Waals surface area contributed by atoms with Crippen molar-refractivity contribution >= 4 is 12.4 Å². The van der Waals surface area contributed by atoms with Crippen LogP contribution in [0.1, 0.15) is 15.9 Å². The standard InChI is InChI=1S/C15H12O/c1-2-12-7-3-5-9-14(12)15-10-6-4-8-13(15)11-16/h2-11H,1H2. The van der Waals surface area contributed by atoms with Gasteiger partial charge in [0.15, 0.2) is 6.29 Å². The van der Waals surface area contributed by atoms with Crippen molar-refractivity contribution in [3.63, 3.8) is 0 Å². The van der Waals surface area contributed by atoms with Crippen molar-refractivity contribution in [1.29, 1.82) is 0 Å². The Bertz CT molecular complexity index is 477. The lowest BCUT2D eigenvalue weighted by Gasteiger charge is -2.08. The lowest BCUT2D eigenvalue weighted by Crippen LogP contribution is -1.89. The fourth-order valence-electron chi connectivity index (χ4n) is 1.77. The second-order valence-corrected chi connectivity index (χ2v) is 3.50. The van der Waals surface area contributed by atoms with Gasteiger partial charge in [-0.15, -0.1) is 0 Å². The quantitative estimate of drug-likeness (QED) is 0.701. The number of aldehydes is 1. The Morgan fingerprint density at radius 3 is 1.88 bits per heavy atom. The third kappa shape index (κ3) is 1.80. The van der Waals surface area contributed by atoms with Crippen LogP contribution >= 0.6 is 0 Å². The number of carbonyl (C=O) groups excluding carboxylic acids is 1. The van der Waals surface area contributed by atoms with Crippen molar-refractivity contribution in [3.8, 4) is 11.1 Å². The molecule has 0 saturated heterocycles. The molecule has 0 heterocycles. The molecule has 0 spiro atoms. The minimum absolute atomic E-state index is 0.705. The van der Waals surface area contributed by atoms with Gasteiger partial charge in [0.25, 0.3) is 0 Å². The first-order chi connectivity index (χ1) is 7.86. The Hall–Kier alpha value is -2.15. The smallest absolute Gasteiger partial charge is 0.150 e. The van der Waals surface area contributed by atoms with Gasteiger partial charge in [0, 0.05) is 5.56 Å². The van der Waals surface area contributed by atoms with Gasteiger partial charge in [0.05, 0.1) is 0 Å². The fourth-order valence-corrected chi connectivity index (χ4v) is 1.77. The van der Waals surface area contributed by atoms with Crippen LogP contribution in [0.3, 0.4) is 0 Å². The first-order valence-corrected chi connectivity index (χ1v) is 5.13. The Morgan fingerprint density at radius 1 is 0.812 bits per heavy atom. The lowest BCUT2D eigenvalue weighted by molar-refractivity contribution is 0.112. The maximum Gasteiger partial charge on any atom is 0.150 e. The molecule has 0 aliphatic rings. The van der Waals surface area contributed by atoms with Gasteiger partial charge in [-0.2, -0.15) is 0 Å². The molecule has 0 radical (unpaired) electrons. The van der Waals surface area contributed by atoms with Gasteiger partial charge in [-0.25, -0.2) is 0 Å².